The first-order valence-corrected chi connectivity index (χ1v) is 10.3. The van der Waals surface area contributed by atoms with Crippen LogP contribution < -0.4 is 15.1 Å². The van der Waals surface area contributed by atoms with Gasteiger partial charge >= 0.3 is 0 Å². The number of aromatic nitrogens is 2. The quantitative estimate of drug-likeness (QED) is 0.670. The molecule has 8 nitrogen and oxygen atoms in total. The highest BCUT2D eigenvalue weighted by atomic mass is 16.5. The molecule has 2 aromatic rings. The molecule has 0 aliphatic carbocycles. The average molecular weight is 414 g/mol. The Morgan fingerprint density at radius 2 is 1.97 bits per heavy atom. The van der Waals surface area contributed by atoms with Crippen molar-refractivity contribution in [1.82, 2.24) is 15.3 Å². The molecule has 1 fully saturated rings. The Hall–Kier alpha value is -2.71. The van der Waals surface area contributed by atoms with E-state index in [1.807, 2.05) is 11.9 Å². The van der Waals surface area contributed by atoms with Crippen molar-refractivity contribution in [3.05, 3.63) is 47.2 Å². The monoisotopic (exact) mass is 413 g/mol. The number of aryl methyl sites for hydroxylation is 1. The first-order chi connectivity index (χ1) is 14.6. The summed E-state index contributed by atoms with van der Waals surface area (Å²) in [5.74, 6) is 1.07. The Labute approximate surface area is 178 Å². The number of amides is 1. The number of benzene rings is 1. The fourth-order valence-electron chi connectivity index (χ4n) is 3.15. The second kappa shape index (κ2) is 10.9. The number of carbonyl (C=O) groups is 1. The summed E-state index contributed by atoms with van der Waals surface area (Å²) in [5.41, 5.74) is 2.79. The van der Waals surface area contributed by atoms with E-state index in [2.05, 4.69) is 51.4 Å². The van der Waals surface area contributed by atoms with E-state index in [1.54, 1.807) is 13.2 Å². The minimum Gasteiger partial charge on any atom is -0.383 e. The number of methoxy groups -OCH3 is 1. The number of nitrogens with one attached hydrogen (secondary N) is 1. The van der Waals surface area contributed by atoms with Crippen LogP contribution in [0.1, 0.15) is 21.6 Å². The fourth-order valence-corrected chi connectivity index (χ4v) is 3.15. The molecule has 162 valence electrons. The van der Waals surface area contributed by atoms with E-state index < -0.39 is 0 Å². The summed E-state index contributed by atoms with van der Waals surface area (Å²) >= 11 is 0. The number of hydrogen-bond donors (Lipinski definition) is 1. The van der Waals surface area contributed by atoms with Gasteiger partial charge in [0.05, 0.1) is 19.8 Å². The van der Waals surface area contributed by atoms with E-state index in [9.17, 15) is 4.79 Å². The van der Waals surface area contributed by atoms with Crippen molar-refractivity contribution in [3.63, 3.8) is 0 Å². The molecule has 3 rings (SSSR count). The minimum absolute atomic E-state index is 0.194. The summed E-state index contributed by atoms with van der Waals surface area (Å²) in [4.78, 5) is 26.1. The average Bonchev–Trinajstić information content (AvgIpc) is 2.79. The van der Waals surface area contributed by atoms with Gasteiger partial charge < -0.3 is 24.6 Å². The van der Waals surface area contributed by atoms with Crippen LogP contribution in [0.25, 0.3) is 0 Å². The van der Waals surface area contributed by atoms with E-state index in [-0.39, 0.29) is 5.91 Å². The third-order valence-electron chi connectivity index (χ3n) is 5.07. The molecule has 2 heterocycles. The molecule has 1 aromatic heterocycles. The van der Waals surface area contributed by atoms with Gasteiger partial charge in [0.2, 0.25) is 5.95 Å². The molecular weight excluding hydrogens is 382 g/mol. The van der Waals surface area contributed by atoms with Crippen LogP contribution in [0.15, 0.2) is 30.3 Å². The summed E-state index contributed by atoms with van der Waals surface area (Å²) < 4.78 is 10.6. The summed E-state index contributed by atoms with van der Waals surface area (Å²) in [7, 11) is 3.60. The summed E-state index contributed by atoms with van der Waals surface area (Å²) in [6.07, 6.45) is 0.772. The van der Waals surface area contributed by atoms with Crippen molar-refractivity contribution in [1.29, 1.82) is 0 Å². The van der Waals surface area contributed by atoms with E-state index in [0.717, 1.165) is 6.42 Å². The number of carbonyl (C=O) groups excluding carboxylic acids is 1. The van der Waals surface area contributed by atoms with Crippen LogP contribution in [-0.4, -0.2) is 76.0 Å². The lowest BCUT2D eigenvalue weighted by molar-refractivity contribution is 0.0949. The van der Waals surface area contributed by atoms with Gasteiger partial charge in [0.15, 0.2) is 0 Å². The van der Waals surface area contributed by atoms with Gasteiger partial charge in [-0.1, -0.05) is 29.8 Å². The highest BCUT2D eigenvalue weighted by molar-refractivity contribution is 5.93. The molecule has 0 atom stereocenters. The van der Waals surface area contributed by atoms with E-state index >= 15 is 0 Å². The van der Waals surface area contributed by atoms with Crippen LogP contribution in [0.5, 0.6) is 0 Å². The number of rotatable bonds is 9. The van der Waals surface area contributed by atoms with Gasteiger partial charge in [0.25, 0.3) is 5.91 Å². The van der Waals surface area contributed by atoms with Gasteiger partial charge in [0.1, 0.15) is 11.5 Å². The number of anilines is 2. The van der Waals surface area contributed by atoms with Crippen LogP contribution >= 0.6 is 0 Å². The number of ether oxygens (including phenoxy) is 2. The molecule has 0 bridgehead atoms. The van der Waals surface area contributed by atoms with Crippen LogP contribution in [0.4, 0.5) is 11.8 Å². The zero-order valence-corrected chi connectivity index (χ0v) is 18.1. The first kappa shape index (κ1) is 22.0. The van der Waals surface area contributed by atoms with Crippen LogP contribution in [0.3, 0.4) is 0 Å². The molecule has 1 aliphatic heterocycles. The van der Waals surface area contributed by atoms with E-state index in [1.165, 1.54) is 11.1 Å². The van der Waals surface area contributed by atoms with E-state index in [4.69, 9.17) is 9.47 Å². The highest BCUT2D eigenvalue weighted by Crippen LogP contribution is 2.18. The van der Waals surface area contributed by atoms with Crippen LogP contribution in [-0.2, 0) is 15.9 Å². The first-order valence-electron chi connectivity index (χ1n) is 10.3. The molecule has 8 heteroatoms. The lowest BCUT2D eigenvalue weighted by atomic mass is 10.1. The Morgan fingerprint density at radius 3 is 2.67 bits per heavy atom. The van der Waals surface area contributed by atoms with Crippen LogP contribution in [0, 0.1) is 6.92 Å². The molecule has 1 saturated heterocycles. The molecule has 30 heavy (non-hydrogen) atoms. The summed E-state index contributed by atoms with van der Waals surface area (Å²) in [5, 5.41) is 2.99. The third kappa shape index (κ3) is 6.14. The Morgan fingerprint density at radius 1 is 1.23 bits per heavy atom. The maximum Gasteiger partial charge on any atom is 0.270 e. The summed E-state index contributed by atoms with van der Waals surface area (Å²) in [6.45, 7) is 6.54. The number of morpholine rings is 1. The maximum absolute atomic E-state index is 12.8. The SMILES string of the molecule is COCCN(C)c1cc(C(=O)NCCc2ccc(C)cc2)nc(N2CCOCC2)n1. The lowest BCUT2D eigenvalue weighted by Gasteiger charge is -2.28. The van der Waals surface area contributed by atoms with Crippen molar-refractivity contribution < 1.29 is 14.3 Å². The standard InChI is InChI=1S/C22H31N5O3/c1-17-4-6-18(7-5-17)8-9-23-21(28)19-16-20(26(2)10-13-29-3)25-22(24-19)27-11-14-30-15-12-27/h4-7,16H,8-15H2,1-3H3,(H,23,28). The van der Waals surface area contributed by atoms with Gasteiger partial charge in [-0.25, -0.2) is 4.98 Å². The second-order valence-corrected chi connectivity index (χ2v) is 7.42. The van der Waals surface area contributed by atoms with Crippen molar-refractivity contribution in [2.45, 2.75) is 13.3 Å². The smallest absolute Gasteiger partial charge is 0.270 e. The molecule has 1 amide bonds. The largest absolute Gasteiger partial charge is 0.383 e. The maximum atomic E-state index is 12.8. The highest BCUT2D eigenvalue weighted by Gasteiger charge is 2.19. The normalized spacial score (nSPS) is 13.9. The van der Waals surface area contributed by atoms with E-state index in [0.29, 0.717) is 63.5 Å². The van der Waals surface area contributed by atoms with Gasteiger partial charge in [-0.3, -0.25) is 4.79 Å². The molecule has 0 unspecified atom stereocenters. The third-order valence-corrected chi connectivity index (χ3v) is 5.07. The minimum atomic E-state index is -0.194. The second-order valence-electron chi connectivity index (χ2n) is 7.42. The predicted octanol–water partition coefficient (Wildman–Crippen LogP) is 1.68. The fraction of sp³-hybridized carbons (Fsp3) is 0.500. The lowest BCUT2D eigenvalue weighted by Crippen LogP contribution is -2.38. The molecule has 0 radical (unpaired) electrons. The van der Waals surface area contributed by atoms with Crippen molar-refractivity contribution in [2.75, 3.05) is 70.0 Å². The number of nitrogens with zero attached hydrogens (tertiary/aromatic N) is 4. The molecule has 0 spiro atoms. The molecule has 1 N–H and O–H groups in total. The summed E-state index contributed by atoms with van der Waals surface area (Å²) in [6, 6.07) is 10.1. The predicted molar refractivity (Wildman–Crippen MR) is 117 cm³/mol. The Kier molecular flexibility index (Phi) is 7.98. The van der Waals surface area contributed by atoms with Gasteiger partial charge in [-0.15, -0.1) is 0 Å². The Balaban J connectivity index is 1.71. The zero-order valence-electron chi connectivity index (χ0n) is 18.1. The Bertz CT molecular complexity index is 822. The van der Waals surface area contributed by atoms with Gasteiger partial charge in [-0.05, 0) is 18.9 Å². The van der Waals surface area contributed by atoms with Gasteiger partial charge in [0, 0.05) is 46.4 Å². The molecular formula is C22H31N5O3. The van der Waals surface area contributed by atoms with Crippen LogP contribution in [0.2, 0.25) is 0 Å². The number of likely N-dealkylation sites (N-methyl/N-ethyl adjacent to an activating group) is 1. The molecule has 1 aliphatic rings. The van der Waals surface area contributed by atoms with Crippen molar-refractivity contribution >= 4 is 17.7 Å². The van der Waals surface area contributed by atoms with Gasteiger partial charge in [-0.2, -0.15) is 4.98 Å². The van der Waals surface area contributed by atoms with Crippen molar-refractivity contribution in [3.8, 4) is 0 Å². The topological polar surface area (TPSA) is 79.8 Å². The van der Waals surface area contributed by atoms with Crippen molar-refractivity contribution in [2.24, 2.45) is 0 Å². The number of hydrogen-bond acceptors (Lipinski definition) is 7. The molecule has 0 saturated carbocycles. The molecule has 1 aromatic carbocycles. The zero-order chi connectivity index (χ0) is 21.3.